The maximum atomic E-state index is 14.1. The number of nitrogens with zero attached hydrogens (tertiary/aromatic N) is 3. The number of sulfonamides is 1. The molecule has 1 unspecified atom stereocenters. The summed E-state index contributed by atoms with van der Waals surface area (Å²) in [5, 5.41) is 12.1. The molecule has 2 aromatic rings. The van der Waals surface area contributed by atoms with Gasteiger partial charge in [-0.15, -0.1) is 0 Å². The quantitative estimate of drug-likeness (QED) is 0.462. The summed E-state index contributed by atoms with van der Waals surface area (Å²) < 4.78 is 53.0. The molecule has 2 atom stereocenters. The van der Waals surface area contributed by atoms with Crippen LogP contribution >= 0.6 is 11.8 Å². The first-order valence-electron chi connectivity index (χ1n) is 9.19. The fraction of sp³-hybridized carbons (Fsp3) is 0.500. The maximum absolute atomic E-state index is 14.1. The van der Waals surface area contributed by atoms with Gasteiger partial charge in [-0.3, -0.25) is 4.72 Å². The minimum atomic E-state index is -3.66. The Morgan fingerprint density at radius 3 is 2.40 bits per heavy atom. The van der Waals surface area contributed by atoms with Crippen LogP contribution in [0, 0.1) is 17.6 Å². The summed E-state index contributed by atoms with van der Waals surface area (Å²) in [6.45, 7) is 5.46. The predicted octanol–water partition coefficient (Wildman–Crippen LogP) is 3.19. The molecule has 2 rings (SSSR count). The third kappa shape index (κ3) is 7.65. The second-order valence-electron chi connectivity index (χ2n) is 7.22. The summed E-state index contributed by atoms with van der Waals surface area (Å²) in [6, 6.07) is 2.80. The summed E-state index contributed by atoms with van der Waals surface area (Å²) in [7, 11) is -3.66. The summed E-state index contributed by atoms with van der Waals surface area (Å²) in [5.41, 5.74) is 0.126. The van der Waals surface area contributed by atoms with Crippen molar-refractivity contribution < 1.29 is 22.3 Å². The Bertz CT molecular complexity index is 976. The molecule has 1 heterocycles. The van der Waals surface area contributed by atoms with Gasteiger partial charge in [0.25, 0.3) is 0 Å². The van der Waals surface area contributed by atoms with Crippen LogP contribution in [0.15, 0.2) is 23.4 Å². The zero-order valence-corrected chi connectivity index (χ0v) is 18.7. The van der Waals surface area contributed by atoms with E-state index in [2.05, 4.69) is 25.0 Å². The molecule has 1 aromatic heterocycles. The van der Waals surface area contributed by atoms with Crippen LogP contribution in [0.4, 0.5) is 20.7 Å². The molecule has 0 aliphatic rings. The smallest absolute Gasteiger partial charge is 0.242 e. The lowest BCUT2D eigenvalue weighted by atomic mass is 10.0. The summed E-state index contributed by atoms with van der Waals surface area (Å²) in [5.74, 6) is -1.02. The zero-order valence-electron chi connectivity index (χ0n) is 17.1. The van der Waals surface area contributed by atoms with Crippen molar-refractivity contribution in [3.8, 4) is 0 Å². The van der Waals surface area contributed by atoms with Crippen molar-refractivity contribution in [2.45, 2.75) is 43.6 Å². The van der Waals surface area contributed by atoms with Crippen molar-refractivity contribution in [3.05, 3.63) is 35.4 Å². The highest BCUT2D eigenvalue weighted by molar-refractivity contribution is 7.99. The first-order valence-corrected chi connectivity index (χ1v) is 12.0. The van der Waals surface area contributed by atoms with Gasteiger partial charge in [-0.25, -0.2) is 17.2 Å². The van der Waals surface area contributed by atoms with Gasteiger partial charge in [-0.05, 0) is 37.5 Å². The topological polar surface area (TPSA) is 117 Å². The summed E-state index contributed by atoms with van der Waals surface area (Å²) in [4.78, 5) is 12.3. The van der Waals surface area contributed by atoms with E-state index in [1.54, 1.807) is 6.92 Å². The predicted molar refractivity (Wildman–Crippen MR) is 113 cm³/mol. The van der Waals surface area contributed by atoms with E-state index in [0.29, 0.717) is 6.42 Å². The SMILES string of the molecule is CC(C)C[C@H](CO)Nc1nc(NS(C)(=O)=O)nc(SC(C)c2cc(F)ccc2F)n1. The molecule has 1 aromatic carbocycles. The second kappa shape index (κ2) is 10.3. The number of hydrogen-bond donors (Lipinski definition) is 3. The van der Waals surface area contributed by atoms with Crippen LogP contribution in [0.3, 0.4) is 0 Å². The van der Waals surface area contributed by atoms with Gasteiger partial charge < -0.3 is 10.4 Å². The lowest BCUT2D eigenvalue weighted by Gasteiger charge is -2.19. The molecular formula is C18H25F2N5O3S2. The number of hydrogen-bond acceptors (Lipinski definition) is 8. The van der Waals surface area contributed by atoms with E-state index in [0.717, 1.165) is 36.2 Å². The number of aromatic nitrogens is 3. The fourth-order valence-corrected chi connectivity index (χ4v) is 3.99. The highest BCUT2D eigenvalue weighted by Gasteiger charge is 2.19. The molecule has 0 spiro atoms. The van der Waals surface area contributed by atoms with Gasteiger partial charge in [-0.1, -0.05) is 25.6 Å². The Balaban J connectivity index is 2.34. The van der Waals surface area contributed by atoms with Crippen LogP contribution in [0.5, 0.6) is 0 Å². The first-order chi connectivity index (χ1) is 14.0. The number of thioether (sulfide) groups is 1. The lowest BCUT2D eigenvalue weighted by molar-refractivity contribution is 0.259. The molecule has 0 fully saturated rings. The Labute approximate surface area is 179 Å². The van der Waals surface area contributed by atoms with Gasteiger partial charge in [0.05, 0.1) is 18.9 Å². The van der Waals surface area contributed by atoms with E-state index in [1.165, 1.54) is 0 Å². The van der Waals surface area contributed by atoms with Crippen LogP contribution in [0.2, 0.25) is 0 Å². The molecular weight excluding hydrogens is 436 g/mol. The third-order valence-electron chi connectivity index (χ3n) is 3.88. The minimum absolute atomic E-state index is 0.0604. The Morgan fingerprint density at radius 2 is 1.80 bits per heavy atom. The number of anilines is 2. The van der Waals surface area contributed by atoms with Crippen molar-refractivity contribution in [2.24, 2.45) is 5.92 Å². The van der Waals surface area contributed by atoms with E-state index in [1.807, 2.05) is 13.8 Å². The zero-order chi connectivity index (χ0) is 22.5. The molecule has 0 saturated carbocycles. The van der Waals surface area contributed by atoms with Crippen LogP contribution in [0.25, 0.3) is 0 Å². The average Bonchev–Trinajstić information content (AvgIpc) is 2.61. The highest BCUT2D eigenvalue weighted by Crippen LogP contribution is 2.35. The van der Waals surface area contributed by atoms with Crippen molar-refractivity contribution in [1.29, 1.82) is 0 Å². The van der Waals surface area contributed by atoms with Crippen LogP contribution < -0.4 is 10.0 Å². The average molecular weight is 462 g/mol. The first kappa shape index (κ1) is 24.2. The molecule has 0 aliphatic carbocycles. The number of rotatable bonds is 10. The molecule has 30 heavy (non-hydrogen) atoms. The van der Waals surface area contributed by atoms with E-state index < -0.39 is 26.9 Å². The van der Waals surface area contributed by atoms with Gasteiger partial charge in [0.2, 0.25) is 21.9 Å². The summed E-state index contributed by atoms with van der Waals surface area (Å²) >= 11 is 1.02. The monoisotopic (exact) mass is 461 g/mol. The third-order valence-corrected chi connectivity index (χ3v) is 5.43. The van der Waals surface area contributed by atoms with Crippen LogP contribution in [-0.4, -0.2) is 47.4 Å². The van der Waals surface area contributed by atoms with Gasteiger partial charge in [0.15, 0.2) is 5.16 Å². The molecule has 0 radical (unpaired) electrons. The molecule has 3 N–H and O–H groups in total. The van der Waals surface area contributed by atoms with E-state index in [9.17, 15) is 22.3 Å². The lowest BCUT2D eigenvalue weighted by Crippen LogP contribution is -2.27. The number of benzene rings is 1. The number of aliphatic hydroxyl groups excluding tert-OH is 1. The van der Waals surface area contributed by atoms with Crippen molar-refractivity contribution in [2.75, 3.05) is 22.9 Å². The number of halogens is 2. The molecule has 12 heteroatoms. The highest BCUT2D eigenvalue weighted by atomic mass is 32.2. The maximum Gasteiger partial charge on any atom is 0.242 e. The Morgan fingerprint density at radius 1 is 1.13 bits per heavy atom. The molecule has 0 aliphatic heterocycles. The van der Waals surface area contributed by atoms with Crippen molar-refractivity contribution in [1.82, 2.24) is 15.0 Å². The van der Waals surface area contributed by atoms with E-state index >= 15 is 0 Å². The largest absolute Gasteiger partial charge is 0.394 e. The Hall–Kier alpha value is -2.05. The van der Waals surface area contributed by atoms with Gasteiger partial charge in [0, 0.05) is 10.8 Å². The molecule has 0 saturated heterocycles. The van der Waals surface area contributed by atoms with Crippen molar-refractivity contribution in [3.63, 3.8) is 0 Å². The standard InChI is InChI=1S/C18H25F2N5O3S2/c1-10(2)7-13(9-26)21-16-22-17(25-30(4,27)28)24-18(23-16)29-11(3)14-8-12(19)5-6-15(14)20/h5-6,8,10-11,13,26H,7,9H2,1-4H3,(H2,21,22,23,24,25)/t11?,13-/m1/s1. The van der Waals surface area contributed by atoms with Crippen LogP contribution in [0.1, 0.15) is 38.0 Å². The molecule has 166 valence electrons. The Kier molecular flexibility index (Phi) is 8.33. The summed E-state index contributed by atoms with van der Waals surface area (Å²) in [6.07, 6.45) is 1.58. The van der Waals surface area contributed by atoms with Crippen LogP contribution in [-0.2, 0) is 10.0 Å². The second-order valence-corrected chi connectivity index (χ2v) is 10.3. The number of aliphatic hydroxyl groups is 1. The number of nitrogens with one attached hydrogen (secondary N) is 2. The fourth-order valence-electron chi connectivity index (χ4n) is 2.66. The van der Waals surface area contributed by atoms with Gasteiger partial charge in [0.1, 0.15) is 11.6 Å². The molecule has 8 nitrogen and oxygen atoms in total. The minimum Gasteiger partial charge on any atom is -0.394 e. The normalized spacial score (nSPS) is 13.9. The van der Waals surface area contributed by atoms with Gasteiger partial charge >= 0.3 is 0 Å². The molecule has 0 amide bonds. The van der Waals surface area contributed by atoms with E-state index in [-0.39, 0.29) is 41.2 Å². The van der Waals surface area contributed by atoms with Gasteiger partial charge in [-0.2, -0.15) is 15.0 Å². The molecule has 0 bridgehead atoms. The van der Waals surface area contributed by atoms with E-state index in [4.69, 9.17) is 0 Å². The van der Waals surface area contributed by atoms with Crippen molar-refractivity contribution >= 4 is 33.7 Å².